The molecule has 0 bridgehead atoms. The van der Waals surface area contributed by atoms with Crippen LogP contribution in [0.25, 0.3) is 0 Å². The highest BCUT2D eigenvalue weighted by Crippen LogP contribution is 2.28. The zero-order valence-electron chi connectivity index (χ0n) is 13.5. The first kappa shape index (κ1) is 16.6. The maximum atomic E-state index is 12.7. The SMILES string of the molecule is CC#CC1(OC(=O)c2c(Cl)ncn2[C@H](C)c2ccccc2)COC1. The summed E-state index contributed by atoms with van der Waals surface area (Å²) in [5.74, 6) is 5.12. The van der Waals surface area contributed by atoms with Gasteiger partial charge >= 0.3 is 5.97 Å². The Morgan fingerprint density at radius 2 is 2.12 bits per heavy atom. The van der Waals surface area contributed by atoms with Gasteiger partial charge in [-0.1, -0.05) is 47.9 Å². The number of nitrogens with zero attached hydrogens (tertiary/aromatic N) is 2. The number of hydrogen-bond acceptors (Lipinski definition) is 4. The largest absolute Gasteiger partial charge is 0.436 e. The first-order valence-electron chi connectivity index (χ1n) is 7.58. The molecule has 6 heteroatoms. The number of benzene rings is 1. The molecule has 1 aromatic heterocycles. The van der Waals surface area contributed by atoms with Gasteiger partial charge in [-0.05, 0) is 19.4 Å². The van der Waals surface area contributed by atoms with E-state index in [1.807, 2.05) is 37.3 Å². The lowest BCUT2D eigenvalue weighted by Gasteiger charge is -2.36. The fourth-order valence-corrected chi connectivity index (χ4v) is 2.83. The van der Waals surface area contributed by atoms with Gasteiger partial charge in [-0.15, -0.1) is 5.92 Å². The predicted octanol–water partition coefficient (Wildman–Crippen LogP) is 3.09. The van der Waals surface area contributed by atoms with Crippen LogP contribution in [0.2, 0.25) is 5.15 Å². The number of halogens is 1. The summed E-state index contributed by atoms with van der Waals surface area (Å²) >= 11 is 6.14. The van der Waals surface area contributed by atoms with Crippen LogP contribution in [0.5, 0.6) is 0 Å². The zero-order chi connectivity index (χ0) is 17.2. The van der Waals surface area contributed by atoms with Crippen molar-refractivity contribution in [2.75, 3.05) is 13.2 Å². The average molecular weight is 345 g/mol. The number of rotatable bonds is 4. The first-order valence-corrected chi connectivity index (χ1v) is 7.96. The van der Waals surface area contributed by atoms with Gasteiger partial charge in [0, 0.05) is 0 Å². The van der Waals surface area contributed by atoms with Crippen molar-refractivity contribution in [2.45, 2.75) is 25.5 Å². The normalized spacial score (nSPS) is 16.5. The molecule has 1 saturated heterocycles. The van der Waals surface area contributed by atoms with Gasteiger partial charge in [-0.2, -0.15) is 0 Å². The van der Waals surface area contributed by atoms with E-state index in [1.165, 1.54) is 0 Å². The second-order valence-electron chi connectivity index (χ2n) is 5.63. The van der Waals surface area contributed by atoms with Crippen molar-refractivity contribution in [1.29, 1.82) is 0 Å². The van der Waals surface area contributed by atoms with Crippen molar-refractivity contribution < 1.29 is 14.3 Å². The molecule has 2 aromatic rings. The highest BCUT2D eigenvalue weighted by molar-refractivity contribution is 6.32. The zero-order valence-corrected chi connectivity index (χ0v) is 14.2. The fourth-order valence-electron chi connectivity index (χ4n) is 2.61. The quantitative estimate of drug-likeness (QED) is 0.631. The Labute approximate surface area is 145 Å². The number of carbonyl (C=O) groups is 1. The van der Waals surface area contributed by atoms with E-state index in [1.54, 1.807) is 17.8 Å². The summed E-state index contributed by atoms with van der Waals surface area (Å²) in [5.41, 5.74) is 0.369. The van der Waals surface area contributed by atoms with Gasteiger partial charge in [-0.25, -0.2) is 9.78 Å². The smallest absolute Gasteiger partial charge is 0.359 e. The van der Waals surface area contributed by atoms with Crippen LogP contribution in [0.4, 0.5) is 0 Å². The molecule has 0 radical (unpaired) electrons. The molecule has 1 atom stereocenters. The van der Waals surface area contributed by atoms with E-state index in [0.717, 1.165) is 5.56 Å². The van der Waals surface area contributed by atoms with Gasteiger partial charge < -0.3 is 14.0 Å². The minimum absolute atomic E-state index is 0.111. The molecule has 0 aliphatic carbocycles. The third kappa shape index (κ3) is 3.03. The first-order chi connectivity index (χ1) is 11.6. The molecule has 1 aliphatic heterocycles. The molecule has 5 nitrogen and oxygen atoms in total. The van der Waals surface area contributed by atoms with Gasteiger partial charge in [-0.3, -0.25) is 0 Å². The van der Waals surface area contributed by atoms with Crippen molar-refractivity contribution in [3.05, 3.63) is 53.1 Å². The summed E-state index contributed by atoms with van der Waals surface area (Å²) in [6, 6.07) is 9.69. The lowest BCUT2D eigenvalue weighted by molar-refractivity contribution is -0.146. The lowest BCUT2D eigenvalue weighted by Crippen LogP contribution is -2.52. The van der Waals surface area contributed by atoms with E-state index in [-0.39, 0.29) is 30.1 Å². The van der Waals surface area contributed by atoms with Crippen LogP contribution in [0.15, 0.2) is 36.7 Å². The molecule has 2 heterocycles. The van der Waals surface area contributed by atoms with E-state index in [4.69, 9.17) is 21.1 Å². The van der Waals surface area contributed by atoms with Gasteiger partial charge in [0.05, 0.1) is 12.4 Å². The van der Waals surface area contributed by atoms with Crippen molar-refractivity contribution in [2.24, 2.45) is 0 Å². The van der Waals surface area contributed by atoms with E-state index in [9.17, 15) is 4.79 Å². The van der Waals surface area contributed by atoms with Crippen LogP contribution < -0.4 is 0 Å². The molecule has 0 unspecified atom stereocenters. The van der Waals surface area contributed by atoms with Crippen LogP contribution >= 0.6 is 11.6 Å². The number of hydrogen-bond donors (Lipinski definition) is 0. The number of esters is 1. The summed E-state index contributed by atoms with van der Waals surface area (Å²) in [6.45, 7) is 4.19. The van der Waals surface area contributed by atoms with E-state index >= 15 is 0 Å². The number of aromatic nitrogens is 2. The summed E-state index contributed by atoms with van der Waals surface area (Å²) < 4.78 is 12.4. The van der Waals surface area contributed by atoms with Crippen LogP contribution in [-0.4, -0.2) is 34.3 Å². The Morgan fingerprint density at radius 3 is 2.71 bits per heavy atom. The standard InChI is InChI=1S/C18H17ClN2O3/c1-3-9-18(10-23-11-18)24-17(22)15-16(19)20-12-21(15)13(2)14-7-5-4-6-8-14/h4-8,12-13H,10-11H2,1-2H3/t13-/m1/s1. The maximum Gasteiger partial charge on any atom is 0.359 e. The third-order valence-corrected chi connectivity index (χ3v) is 4.23. The Hall–Kier alpha value is -2.29. The Balaban J connectivity index is 1.89. The lowest BCUT2D eigenvalue weighted by atomic mass is 10.0. The van der Waals surface area contributed by atoms with Crippen LogP contribution in [0.1, 0.15) is 35.9 Å². The maximum absolute atomic E-state index is 12.7. The van der Waals surface area contributed by atoms with Gasteiger partial charge in [0.25, 0.3) is 0 Å². The Morgan fingerprint density at radius 1 is 1.42 bits per heavy atom. The average Bonchev–Trinajstić information content (AvgIpc) is 2.94. The Kier molecular flexibility index (Phi) is 4.61. The second-order valence-corrected chi connectivity index (χ2v) is 5.99. The molecule has 0 N–H and O–H groups in total. The number of ether oxygens (including phenoxy) is 2. The van der Waals surface area contributed by atoms with E-state index in [0.29, 0.717) is 0 Å². The van der Waals surface area contributed by atoms with Crippen molar-refractivity contribution in [1.82, 2.24) is 9.55 Å². The molecule has 0 spiro atoms. The molecule has 1 fully saturated rings. The minimum atomic E-state index is -0.889. The molecule has 1 aromatic carbocycles. The molecular weight excluding hydrogens is 328 g/mol. The predicted molar refractivity (Wildman–Crippen MR) is 89.9 cm³/mol. The number of imidazole rings is 1. The summed E-state index contributed by atoms with van der Waals surface area (Å²) in [4.78, 5) is 16.7. The van der Waals surface area contributed by atoms with E-state index in [2.05, 4.69) is 16.8 Å². The van der Waals surface area contributed by atoms with Gasteiger partial charge in [0.15, 0.2) is 10.8 Å². The molecule has 1 aliphatic rings. The van der Waals surface area contributed by atoms with Crippen LogP contribution in [0, 0.1) is 11.8 Å². The summed E-state index contributed by atoms with van der Waals surface area (Å²) in [6.07, 6.45) is 1.55. The topological polar surface area (TPSA) is 53.3 Å². The monoisotopic (exact) mass is 344 g/mol. The highest BCUT2D eigenvalue weighted by Gasteiger charge is 2.42. The van der Waals surface area contributed by atoms with Crippen LogP contribution in [0.3, 0.4) is 0 Å². The van der Waals surface area contributed by atoms with Gasteiger partial charge in [0.2, 0.25) is 5.60 Å². The Bertz CT molecular complexity index is 801. The molecule has 0 amide bonds. The highest BCUT2D eigenvalue weighted by atomic mass is 35.5. The molecule has 124 valence electrons. The molecule has 0 saturated carbocycles. The van der Waals surface area contributed by atoms with Gasteiger partial charge in [0.1, 0.15) is 13.2 Å². The van der Waals surface area contributed by atoms with E-state index < -0.39 is 11.6 Å². The summed E-state index contributed by atoms with van der Waals surface area (Å²) in [7, 11) is 0. The van der Waals surface area contributed by atoms with Crippen molar-refractivity contribution >= 4 is 17.6 Å². The molecule has 3 rings (SSSR count). The molecular formula is C18H17ClN2O3. The van der Waals surface area contributed by atoms with Crippen molar-refractivity contribution in [3.8, 4) is 11.8 Å². The summed E-state index contributed by atoms with van der Waals surface area (Å²) in [5, 5.41) is 0.114. The number of carbonyl (C=O) groups excluding carboxylic acids is 1. The van der Waals surface area contributed by atoms with Crippen molar-refractivity contribution in [3.63, 3.8) is 0 Å². The molecule has 24 heavy (non-hydrogen) atoms. The third-order valence-electron chi connectivity index (χ3n) is 3.95. The fraction of sp³-hybridized carbons (Fsp3) is 0.333. The second kappa shape index (κ2) is 6.68. The minimum Gasteiger partial charge on any atom is -0.436 e. The van der Waals surface area contributed by atoms with Crippen LogP contribution in [-0.2, 0) is 9.47 Å².